The maximum atomic E-state index is 10.1. The zero-order valence-electron chi connectivity index (χ0n) is 6.88. The van der Waals surface area contributed by atoms with Crippen molar-refractivity contribution in [3.05, 3.63) is 0 Å². The van der Waals surface area contributed by atoms with Crippen LogP contribution >= 0.6 is 0 Å². The van der Waals surface area contributed by atoms with Gasteiger partial charge >= 0.3 is 0 Å². The molecule has 64 valence electrons. The van der Waals surface area contributed by atoms with Crippen LogP contribution in [0.5, 0.6) is 0 Å². The molecule has 1 N–H and O–H groups in total. The van der Waals surface area contributed by atoms with Crippen LogP contribution in [-0.2, 0) is 4.74 Å². The molecule has 2 heteroatoms. The molecule has 2 rings (SSSR count). The van der Waals surface area contributed by atoms with Crippen LogP contribution in [0.25, 0.3) is 0 Å². The number of rotatable bonds is 0. The monoisotopic (exact) mass is 156 g/mol. The average molecular weight is 156 g/mol. The predicted molar refractivity (Wildman–Crippen MR) is 42.4 cm³/mol. The van der Waals surface area contributed by atoms with Crippen LogP contribution in [-0.4, -0.2) is 23.4 Å². The molecule has 2 nitrogen and oxygen atoms in total. The Balaban J connectivity index is 2.06. The van der Waals surface area contributed by atoms with E-state index in [1.54, 1.807) is 0 Å². The molecule has 0 spiro atoms. The molecule has 1 saturated heterocycles. The molecule has 2 atom stereocenters. The second-order valence-electron chi connectivity index (χ2n) is 3.81. The first kappa shape index (κ1) is 7.56. The summed E-state index contributed by atoms with van der Waals surface area (Å²) in [6.45, 7) is 0.854. The number of aliphatic hydroxyl groups is 1. The van der Waals surface area contributed by atoms with Gasteiger partial charge in [-0.05, 0) is 25.7 Å². The van der Waals surface area contributed by atoms with E-state index in [0.717, 1.165) is 32.3 Å². The van der Waals surface area contributed by atoms with Crippen LogP contribution in [0.4, 0.5) is 0 Å². The fourth-order valence-electron chi connectivity index (χ4n) is 2.32. The van der Waals surface area contributed by atoms with Gasteiger partial charge in [-0.15, -0.1) is 0 Å². The van der Waals surface area contributed by atoms with E-state index in [1.807, 2.05) is 0 Å². The van der Waals surface area contributed by atoms with Gasteiger partial charge in [-0.2, -0.15) is 0 Å². The molecular formula is C9H16O2. The SMILES string of the molecule is OC12CCCC[C@H]1OCCC2. The number of hydrogen-bond acceptors (Lipinski definition) is 2. The summed E-state index contributed by atoms with van der Waals surface area (Å²) in [5.41, 5.74) is -0.448. The van der Waals surface area contributed by atoms with Crippen molar-refractivity contribution in [3.8, 4) is 0 Å². The molecular weight excluding hydrogens is 140 g/mol. The van der Waals surface area contributed by atoms with Gasteiger partial charge in [-0.1, -0.05) is 12.8 Å². The van der Waals surface area contributed by atoms with Crippen LogP contribution < -0.4 is 0 Å². The van der Waals surface area contributed by atoms with Crippen LogP contribution in [0.1, 0.15) is 38.5 Å². The van der Waals surface area contributed by atoms with E-state index in [2.05, 4.69) is 0 Å². The van der Waals surface area contributed by atoms with Crippen molar-refractivity contribution in [1.29, 1.82) is 0 Å². The molecule has 0 aromatic heterocycles. The molecule has 1 aliphatic carbocycles. The van der Waals surface area contributed by atoms with Crippen molar-refractivity contribution >= 4 is 0 Å². The molecule has 0 bridgehead atoms. The summed E-state index contributed by atoms with van der Waals surface area (Å²) in [5, 5.41) is 10.1. The van der Waals surface area contributed by atoms with Crippen LogP contribution in [0, 0.1) is 0 Å². The third-order valence-electron chi connectivity index (χ3n) is 3.00. The Bertz CT molecular complexity index is 132. The Labute approximate surface area is 67.6 Å². The minimum Gasteiger partial charge on any atom is -0.387 e. The standard InChI is InChI=1S/C9H16O2/c10-9-5-2-1-4-8(9)11-7-3-6-9/h8,10H,1-7H2/t8-,9?/m1/s1. The minimum atomic E-state index is -0.448. The maximum absolute atomic E-state index is 10.1. The number of hydrogen-bond donors (Lipinski definition) is 1. The fraction of sp³-hybridized carbons (Fsp3) is 1.00. The first-order chi connectivity index (χ1) is 5.31. The number of fused-ring (bicyclic) bond motifs is 1. The van der Waals surface area contributed by atoms with Gasteiger partial charge in [0.1, 0.15) is 0 Å². The normalized spacial score (nSPS) is 45.0. The van der Waals surface area contributed by atoms with E-state index < -0.39 is 5.60 Å². The molecule has 1 aliphatic heterocycles. The molecule has 0 amide bonds. The van der Waals surface area contributed by atoms with E-state index in [9.17, 15) is 5.11 Å². The summed E-state index contributed by atoms with van der Waals surface area (Å²) in [6.07, 6.45) is 6.58. The lowest BCUT2D eigenvalue weighted by Gasteiger charge is -2.43. The molecule has 1 heterocycles. The molecule has 0 aromatic rings. The van der Waals surface area contributed by atoms with Gasteiger partial charge in [-0.3, -0.25) is 0 Å². The second-order valence-corrected chi connectivity index (χ2v) is 3.81. The lowest BCUT2D eigenvalue weighted by molar-refractivity contribution is -0.163. The first-order valence-corrected chi connectivity index (χ1v) is 4.65. The van der Waals surface area contributed by atoms with Crippen molar-refractivity contribution in [3.63, 3.8) is 0 Å². The predicted octanol–water partition coefficient (Wildman–Crippen LogP) is 1.47. The Morgan fingerprint density at radius 3 is 2.82 bits per heavy atom. The molecule has 1 unspecified atom stereocenters. The average Bonchev–Trinajstić information content (AvgIpc) is 2.03. The van der Waals surface area contributed by atoms with E-state index in [4.69, 9.17) is 4.74 Å². The van der Waals surface area contributed by atoms with E-state index in [0.29, 0.717) is 0 Å². The summed E-state index contributed by atoms with van der Waals surface area (Å²) < 4.78 is 5.53. The molecule has 2 aliphatic rings. The largest absolute Gasteiger partial charge is 0.387 e. The van der Waals surface area contributed by atoms with Gasteiger partial charge in [0.05, 0.1) is 11.7 Å². The second kappa shape index (κ2) is 2.76. The summed E-state index contributed by atoms with van der Waals surface area (Å²) in [5.74, 6) is 0. The Hall–Kier alpha value is -0.0800. The lowest BCUT2D eigenvalue weighted by Crippen LogP contribution is -2.49. The molecule has 0 radical (unpaired) electrons. The van der Waals surface area contributed by atoms with Gasteiger partial charge in [0.2, 0.25) is 0 Å². The third kappa shape index (κ3) is 1.30. The van der Waals surface area contributed by atoms with E-state index in [1.165, 1.54) is 12.8 Å². The summed E-state index contributed by atoms with van der Waals surface area (Å²) >= 11 is 0. The van der Waals surface area contributed by atoms with Crippen LogP contribution in [0.3, 0.4) is 0 Å². The Morgan fingerprint density at radius 2 is 2.00 bits per heavy atom. The summed E-state index contributed by atoms with van der Waals surface area (Å²) in [7, 11) is 0. The highest BCUT2D eigenvalue weighted by Gasteiger charge is 2.41. The van der Waals surface area contributed by atoms with Gasteiger partial charge in [0.25, 0.3) is 0 Å². The Kier molecular flexibility index (Phi) is 1.90. The molecule has 1 saturated carbocycles. The highest BCUT2D eigenvalue weighted by molar-refractivity contribution is 4.93. The lowest BCUT2D eigenvalue weighted by atomic mass is 9.78. The van der Waals surface area contributed by atoms with E-state index >= 15 is 0 Å². The number of ether oxygens (including phenoxy) is 1. The molecule has 11 heavy (non-hydrogen) atoms. The zero-order valence-corrected chi connectivity index (χ0v) is 6.88. The fourth-order valence-corrected chi connectivity index (χ4v) is 2.32. The summed E-state index contributed by atoms with van der Waals surface area (Å²) in [6, 6.07) is 0. The topological polar surface area (TPSA) is 29.5 Å². The summed E-state index contributed by atoms with van der Waals surface area (Å²) in [4.78, 5) is 0. The maximum Gasteiger partial charge on any atom is 0.0909 e. The zero-order chi connectivity index (χ0) is 7.73. The minimum absolute atomic E-state index is 0.157. The smallest absolute Gasteiger partial charge is 0.0909 e. The van der Waals surface area contributed by atoms with Crippen LogP contribution in [0.2, 0.25) is 0 Å². The highest BCUT2D eigenvalue weighted by atomic mass is 16.5. The van der Waals surface area contributed by atoms with Crippen LogP contribution in [0.15, 0.2) is 0 Å². The quantitative estimate of drug-likeness (QED) is 0.575. The van der Waals surface area contributed by atoms with Crippen molar-refractivity contribution in [2.75, 3.05) is 6.61 Å². The highest BCUT2D eigenvalue weighted by Crippen LogP contribution is 2.36. The van der Waals surface area contributed by atoms with Crippen molar-refractivity contribution in [1.82, 2.24) is 0 Å². The van der Waals surface area contributed by atoms with Crippen molar-refractivity contribution in [2.24, 2.45) is 0 Å². The molecule has 2 fully saturated rings. The molecule has 0 aromatic carbocycles. The van der Waals surface area contributed by atoms with Gasteiger partial charge < -0.3 is 9.84 Å². The van der Waals surface area contributed by atoms with Gasteiger partial charge in [-0.25, -0.2) is 0 Å². The third-order valence-corrected chi connectivity index (χ3v) is 3.00. The van der Waals surface area contributed by atoms with Gasteiger partial charge in [0.15, 0.2) is 0 Å². The van der Waals surface area contributed by atoms with Crippen molar-refractivity contribution < 1.29 is 9.84 Å². The van der Waals surface area contributed by atoms with Crippen molar-refractivity contribution in [2.45, 2.75) is 50.2 Å². The van der Waals surface area contributed by atoms with E-state index in [-0.39, 0.29) is 6.10 Å². The first-order valence-electron chi connectivity index (χ1n) is 4.65. The Morgan fingerprint density at radius 1 is 1.18 bits per heavy atom. The van der Waals surface area contributed by atoms with Gasteiger partial charge in [0, 0.05) is 6.61 Å².